The molecule has 2 fully saturated rings. The van der Waals surface area contributed by atoms with Gasteiger partial charge in [0.2, 0.25) is 0 Å². The van der Waals surface area contributed by atoms with Gasteiger partial charge < -0.3 is 4.74 Å². The Hall–Kier alpha value is -0.790. The van der Waals surface area contributed by atoms with Gasteiger partial charge in [-0.3, -0.25) is 4.79 Å². The van der Waals surface area contributed by atoms with Crippen LogP contribution in [-0.2, 0) is 9.53 Å². The molecule has 0 aromatic rings. The molecule has 3 aliphatic rings. The summed E-state index contributed by atoms with van der Waals surface area (Å²) in [6, 6.07) is 0. The van der Waals surface area contributed by atoms with Gasteiger partial charge in [0.1, 0.15) is 6.10 Å². The molecule has 0 amide bonds. The van der Waals surface area contributed by atoms with Crippen LogP contribution in [-0.4, -0.2) is 12.1 Å². The minimum atomic E-state index is 0.0172. The van der Waals surface area contributed by atoms with E-state index >= 15 is 0 Å². The lowest BCUT2D eigenvalue weighted by Gasteiger charge is -2.31. The van der Waals surface area contributed by atoms with Crippen LogP contribution in [0.4, 0.5) is 0 Å². The van der Waals surface area contributed by atoms with Crippen LogP contribution in [0.15, 0.2) is 12.2 Å². The molecule has 0 saturated heterocycles. The van der Waals surface area contributed by atoms with Crippen LogP contribution in [0.2, 0.25) is 0 Å². The van der Waals surface area contributed by atoms with Crippen molar-refractivity contribution in [2.24, 2.45) is 29.6 Å². The normalized spacial score (nSPS) is 43.8. The van der Waals surface area contributed by atoms with Crippen LogP contribution in [0, 0.1) is 29.6 Å². The molecule has 2 bridgehead atoms. The van der Waals surface area contributed by atoms with E-state index in [1.807, 2.05) is 13.8 Å². The number of hydrogen-bond donors (Lipinski definition) is 0. The first-order valence-corrected chi connectivity index (χ1v) is 7.07. The van der Waals surface area contributed by atoms with E-state index in [4.69, 9.17) is 4.74 Å². The molecule has 3 aliphatic carbocycles. The van der Waals surface area contributed by atoms with Crippen molar-refractivity contribution < 1.29 is 9.53 Å². The van der Waals surface area contributed by atoms with Gasteiger partial charge in [-0.25, -0.2) is 0 Å². The molecule has 0 spiro atoms. The predicted octanol–water partition coefficient (Wildman–Crippen LogP) is 3.18. The lowest BCUT2D eigenvalue weighted by atomic mass is 9.80. The van der Waals surface area contributed by atoms with E-state index < -0.39 is 0 Å². The third kappa shape index (κ3) is 1.73. The monoisotopic (exact) mass is 234 g/mol. The van der Waals surface area contributed by atoms with Crippen LogP contribution in [0.3, 0.4) is 0 Å². The van der Waals surface area contributed by atoms with Gasteiger partial charge >= 0.3 is 5.97 Å². The average Bonchev–Trinajstić information content (AvgIpc) is 2.98. The maximum atomic E-state index is 11.9. The molecular formula is C15H22O2. The van der Waals surface area contributed by atoms with Crippen LogP contribution in [0.5, 0.6) is 0 Å². The Morgan fingerprint density at radius 1 is 1.41 bits per heavy atom. The molecule has 17 heavy (non-hydrogen) atoms. The highest BCUT2D eigenvalue weighted by Gasteiger charge is 2.53. The maximum absolute atomic E-state index is 11.9. The first kappa shape index (κ1) is 11.3. The number of ether oxygens (including phenoxy) is 1. The van der Waals surface area contributed by atoms with Gasteiger partial charge in [0.15, 0.2) is 0 Å². The molecule has 0 radical (unpaired) electrons. The van der Waals surface area contributed by atoms with Crippen LogP contribution >= 0.6 is 0 Å². The zero-order valence-electron chi connectivity index (χ0n) is 10.8. The van der Waals surface area contributed by atoms with Gasteiger partial charge in [-0.15, -0.1) is 0 Å². The topological polar surface area (TPSA) is 26.3 Å². The fraction of sp³-hybridized carbons (Fsp3) is 0.800. The van der Waals surface area contributed by atoms with E-state index in [0.717, 1.165) is 24.7 Å². The van der Waals surface area contributed by atoms with Crippen molar-refractivity contribution in [2.75, 3.05) is 0 Å². The zero-order chi connectivity index (χ0) is 12.0. The second kappa shape index (κ2) is 4.15. The summed E-state index contributed by atoms with van der Waals surface area (Å²) in [6.07, 6.45) is 9.47. The van der Waals surface area contributed by atoms with Crippen LogP contribution in [0.1, 0.15) is 39.5 Å². The molecule has 0 heterocycles. The molecule has 6 atom stereocenters. The minimum Gasteiger partial charge on any atom is -0.462 e. The fourth-order valence-corrected chi connectivity index (χ4v) is 4.05. The highest BCUT2D eigenvalue weighted by Crippen LogP contribution is 2.57. The molecule has 0 aromatic heterocycles. The lowest BCUT2D eigenvalue weighted by Crippen LogP contribution is -2.33. The van der Waals surface area contributed by atoms with Gasteiger partial charge in [-0.2, -0.15) is 0 Å². The minimum absolute atomic E-state index is 0.0172. The smallest absolute Gasteiger partial charge is 0.308 e. The highest BCUT2D eigenvalue weighted by molar-refractivity contribution is 5.72. The van der Waals surface area contributed by atoms with E-state index in [1.54, 1.807) is 0 Å². The van der Waals surface area contributed by atoms with Crippen LogP contribution in [0.25, 0.3) is 0 Å². The summed E-state index contributed by atoms with van der Waals surface area (Å²) in [6.45, 7) is 4.01. The summed E-state index contributed by atoms with van der Waals surface area (Å²) >= 11 is 0. The molecule has 6 unspecified atom stereocenters. The molecule has 94 valence electrons. The van der Waals surface area contributed by atoms with Gasteiger partial charge in [-0.1, -0.05) is 26.0 Å². The van der Waals surface area contributed by atoms with Crippen molar-refractivity contribution in [1.29, 1.82) is 0 Å². The quantitative estimate of drug-likeness (QED) is 0.554. The second-order valence-electron chi connectivity index (χ2n) is 6.09. The first-order valence-electron chi connectivity index (χ1n) is 7.07. The Labute approximate surface area is 103 Å². The lowest BCUT2D eigenvalue weighted by molar-refractivity contribution is -0.157. The second-order valence-corrected chi connectivity index (χ2v) is 6.09. The van der Waals surface area contributed by atoms with Gasteiger partial charge in [0.25, 0.3) is 0 Å². The van der Waals surface area contributed by atoms with Crippen molar-refractivity contribution >= 4 is 5.97 Å². The van der Waals surface area contributed by atoms with Gasteiger partial charge in [0.05, 0.1) is 5.92 Å². The zero-order valence-corrected chi connectivity index (χ0v) is 10.8. The fourth-order valence-electron chi connectivity index (χ4n) is 4.05. The molecule has 0 N–H and O–H groups in total. The van der Waals surface area contributed by atoms with Gasteiger partial charge in [-0.05, 0) is 43.4 Å². The molecule has 2 saturated carbocycles. The summed E-state index contributed by atoms with van der Waals surface area (Å²) in [5.41, 5.74) is 0. The molecule has 0 aliphatic heterocycles. The number of rotatable bonds is 3. The van der Waals surface area contributed by atoms with Crippen LogP contribution < -0.4 is 0 Å². The Bertz CT molecular complexity index is 347. The standard InChI is InChI=1S/C15H22O2/c1-3-9(2)15(16)17-14-8-10-7-13(14)12-6-4-5-11(10)12/h4,6,9-14H,3,5,7-8H2,1-2H3. The average molecular weight is 234 g/mol. The van der Waals surface area contributed by atoms with E-state index in [-0.39, 0.29) is 18.0 Å². The number of fused-ring (bicyclic) bond motifs is 5. The number of carbonyl (C=O) groups is 1. The van der Waals surface area contributed by atoms with E-state index in [2.05, 4.69) is 12.2 Å². The number of hydrogen-bond acceptors (Lipinski definition) is 2. The van der Waals surface area contributed by atoms with Crippen molar-refractivity contribution in [3.05, 3.63) is 12.2 Å². The molecule has 2 nitrogen and oxygen atoms in total. The van der Waals surface area contributed by atoms with Crippen molar-refractivity contribution in [2.45, 2.75) is 45.6 Å². The third-order valence-corrected chi connectivity index (χ3v) is 5.23. The van der Waals surface area contributed by atoms with E-state index in [9.17, 15) is 4.79 Å². The molecular weight excluding hydrogens is 212 g/mol. The largest absolute Gasteiger partial charge is 0.462 e. The molecule has 2 heteroatoms. The Balaban J connectivity index is 1.64. The van der Waals surface area contributed by atoms with Crippen molar-refractivity contribution in [1.82, 2.24) is 0 Å². The summed E-state index contributed by atoms with van der Waals surface area (Å²) in [4.78, 5) is 11.9. The SMILES string of the molecule is CCC(C)C(=O)OC1CC2CC1C1C=CCC21. The summed E-state index contributed by atoms with van der Waals surface area (Å²) in [5, 5.41) is 0. The van der Waals surface area contributed by atoms with Gasteiger partial charge in [0, 0.05) is 5.92 Å². The predicted molar refractivity (Wildman–Crippen MR) is 66.3 cm³/mol. The Kier molecular flexibility index (Phi) is 2.76. The van der Waals surface area contributed by atoms with Crippen molar-refractivity contribution in [3.8, 4) is 0 Å². The third-order valence-electron chi connectivity index (χ3n) is 5.23. The maximum Gasteiger partial charge on any atom is 0.308 e. The van der Waals surface area contributed by atoms with Crippen molar-refractivity contribution in [3.63, 3.8) is 0 Å². The Morgan fingerprint density at radius 3 is 3.00 bits per heavy atom. The molecule has 3 rings (SSSR count). The summed E-state index contributed by atoms with van der Waals surface area (Å²) in [5.74, 6) is 3.10. The number of esters is 1. The number of carbonyl (C=O) groups excluding carboxylic acids is 1. The number of allylic oxidation sites excluding steroid dienone is 2. The molecule has 0 aromatic carbocycles. The van der Waals surface area contributed by atoms with E-state index in [0.29, 0.717) is 11.8 Å². The first-order chi connectivity index (χ1) is 8.20. The van der Waals surface area contributed by atoms with E-state index in [1.165, 1.54) is 12.8 Å². The Morgan fingerprint density at radius 2 is 2.24 bits per heavy atom. The highest BCUT2D eigenvalue weighted by atomic mass is 16.5. The summed E-state index contributed by atoms with van der Waals surface area (Å²) < 4.78 is 5.73. The summed E-state index contributed by atoms with van der Waals surface area (Å²) in [7, 11) is 0.